The zero-order chi connectivity index (χ0) is 13.4. The van der Waals surface area contributed by atoms with Crippen LogP contribution < -0.4 is 0 Å². The molecule has 100 valence electrons. The fourth-order valence-corrected chi connectivity index (χ4v) is 3.77. The summed E-state index contributed by atoms with van der Waals surface area (Å²) in [4.78, 5) is 0.323. The monoisotopic (exact) mass is 333 g/mol. The van der Waals surface area contributed by atoms with Crippen molar-refractivity contribution in [3.63, 3.8) is 0 Å². The molecular formula is C12H16BrNO3S. The third kappa shape index (κ3) is 2.93. The lowest BCUT2D eigenvalue weighted by Crippen LogP contribution is -2.50. The summed E-state index contributed by atoms with van der Waals surface area (Å²) in [7, 11) is -3.42. The van der Waals surface area contributed by atoms with Gasteiger partial charge in [-0.05, 0) is 38.1 Å². The van der Waals surface area contributed by atoms with Gasteiger partial charge in [0.2, 0.25) is 10.0 Å². The number of nitrogens with zero attached hydrogens (tertiary/aromatic N) is 1. The number of hydrogen-bond acceptors (Lipinski definition) is 3. The van der Waals surface area contributed by atoms with Gasteiger partial charge in [0.25, 0.3) is 0 Å². The Balaban J connectivity index is 2.28. The summed E-state index contributed by atoms with van der Waals surface area (Å²) >= 11 is 3.30. The molecule has 1 aromatic carbocycles. The number of rotatable bonds is 2. The topological polar surface area (TPSA) is 46.6 Å². The molecule has 2 rings (SSSR count). The van der Waals surface area contributed by atoms with Crippen molar-refractivity contribution in [3.05, 3.63) is 28.7 Å². The first-order valence-corrected chi connectivity index (χ1v) is 7.94. The molecule has 0 bridgehead atoms. The van der Waals surface area contributed by atoms with E-state index in [-0.39, 0.29) is 0 Å². The molecule has 0 radical (unpaired) electrons. The van der Waals surface area contributed by atoms with E-state index in [1.54, 1.807) is 24.3 Å². The van der Waals surface area contributed by atoms with Crippen LogP contribution in [0.1, 0.15) is 13.8 Å². The third-order valence-electron chi connectivity index (χ3n) is 2.84. The number of ether oxygens (including phenoxy) is 1. The number of hydrogen-bond donors (Lipinski definition) is 0. The molecule has 0 spiro atoms. The van der Waals surface area contributed by atoms with Crippen LogP contribution in [0.15, 0.2) is 33.6 Å². The van der Waals surface area contributed by atoms with Gasteiger partial charge < -0.3 is 4.74 Å². The normalized spacial score (nSPS) is 20.8. The molecule has 6 heteroatoms. The second-order valence-corrected chi connectivity index (χ2v) is 7.75. The maximum atomic E-state index is 12.4. The zero-order valence-electron chi connectivity index (χ0n) is 10.4. The minimum absolute atomic E-state index is 0.323. The molecule has 0 aliphatic carbocycles. The Morgan fingerprint density at radius 3 is 2.44 bits per heavy atom. The second-order valence-electron chi connectivity index (χ2n) is 4.90. The van der Waals surface area contributed by atoms with E-state index in [9.17, 15) is 8.42 Å². The predicted octanol–water partition coefficient (Wildman–Crippen LogP) is 2.25. The van der Waals surface area contributed by atoms with Gasteiger partial charge in [-0.25, -0.2) is 8.42 Å². The molecule has 1 fully saturated rings. The minimum Gasteiger partial charge on any atom is -0.373 e. The van der Waals surface area contributed by atoms with Crippen LogP contribution in [-0.4, -0.2) is 38.0 Å². The second kappa shape index (κ2) is 4.92. The van der Waals surface area contributed by atoms with Crippen molar-refractivity contribution in [2.75, 3.05) is 19.7 Å². The van der Waals surface area contributed by atoms with E-state index in [1.807, 2.05) is 13.8 Å². The molecule has 0 unspecified atom stereocenters. The summed E-state index contributed by atoms with van der Waals surface area (Å²) in [6.07, 6.45) is 0. The maximum absolute atomic E-state index is 12.4. The Bertz CT molecular complexity index is 525. The van der Waals surface area contributed by atoms with E-state index >= 15 is 0 Å². The van der Waals surface area contributed by atoms with Crippen LogP contribution in [0.25, 0.3) is 0 Å². The Labute approximate surface area is 116 Å². The highest BCUT2D eigenvalue weighted by Gasteiger charge is 2.34. The minimum atomic E-state index is -3.42. The van der Waals surface area contributed by atoms with E-state index in [1.165, 1.54) is 4.31 Å². The highest BCUT2D eigenvalue weighted by atomic mass is 79.9. The molecule has 0 saturated carbocycles. The fraction of sp³-hybridized carbons (Fsp3) is 0.500. The third-order valence-corrected chi connectivity index (χ3v) is 5.23. The highest BCUT2D eigenvalue weighted by molar-refractivity contribution is 9.10. The summed E-state index contributed by atoms with van der Waals surface area (Å²) in [6, 6.07) is 6.70. The van der Waals surface area contributed by atoms with Gasteiger partial charge in [0.1, 0.15) is 0 Å². The number of benzene rings is 1. The standard InChI is InChI=1S/C12H16BrNO3S/c1-12(2)9-14(7-8-17-12)18(15,16)11-5-3-10(13)4-6-11/h3-6H,7-9H2,1-2H3. The molecule has 0 amide bonds. The van der Waals surface area contributed by atoms with Crippen LogP contribution in [0, 0.1) is 0 Å². The van der Waals surface area contributed by atoms with Crippen molar-refractivity contribution in [1.82, 2.24) is 4.31 Å². The van der Waals surface area contributed by atoms with Gasteiger partial charge in [-0.15, -0.1) is 0 Å². The van der Waals surface area contributed by atoms with Gasteiger partial charge in [-0.1, -0.05) is 15.9 Å². The van der Waals surface area contributed by atoms with Crippen LogP contribution in [-0.2, 0) is 14.8 Å². The van der Waals surface area contributed by atoms with Gasteiger partial charge in [0.05, 0.1) is 17.1 Å². The molecule has 0 aromatic heterocycles. The lowest BCUT2D eigenvalue weighted by atomic mass is 10.1. The highest BCUT2D eigenvalue weighted by Crippen LogP contribution is 2.24. The van der Waals surface area contributed by atoms with Crippen molar-refractivity contribution >= 4 is 26.0 Å². The Morgan fingerprint density at radius 1 is 1.28 bits per heavy atom. The van der Waals surface area contributed by atoms with Crippen molar-refractivity contribution in [1.29, 1.82) is 0 Å². The summed E-state index contributed by atoms with van der Waals surface area (Å²) in [6.45, 7) is 5.02. The van der Waals surface area contributed by atoms with Gasteiger partial charge in [0, 0.05) is 17.6 Å². The number of halogens is 1. The van der Waals surface area contributed by atoms with E-state index in [0.29, 0.717) is 24.6 Å². The molecule has 1 aromatic rings. The smallest absolute Gasteiger partial charge is 0.243 e. The van der Waals surface area contributed by atoms with Gasteiger partial charge in [-0.3, -0.25) is 0 Å². The van der Waals surface area contributed by atoms with Crippen LogP contribution in [0.4, 0.5) is 0 Å². The SMILES string of the molecule is CC1(C)CN(S(=O)(=O)c2ccc(Br)cc2)CCO1. The zero-order valence-corrected chi connectivity index (χ0v) is 12.8. The number of morpholine rings is 1. The van der Waals surface area contributed by atoms with Crippen LogP contribution in [0.3, 0.4) is 0 Å². The van der Waals surface area contributed by atoms with Gasteiger partial charge in [0.15, 0.2) is 0 Å². The van der Waals surface area contributed by atoms with Crippen molar-refractivity contribution in [3.8, 4) is 0 Å². The molecule has 0 atom stereocenters. The quantitative estimate of drug-likeness (QED) is 0.833. The van der Waals surface area contributed by atoms with Crippen LogP contribution in [0.5, 0.6) is 0 Å². The molecule has 1 saturated heterocycles. The molecule has 4 nitrogen and oxygen atoms in total. The summed E-state index contributed by atoms with van der Waals surface area (Å²) < 4.78 is 32.8. The first-order chi connectivity index (χ1) is 8.31. The largest absolute Gasteiger partial charge is 0.373 e. The van der Waals surface area contributed by atoms with Crippen LogP contribution in [0.2, 0.25) is 0 Å². The number of sulfonamides is 1. The van der Waals surface area contributed by atoms with Crippen molar-refractivity contribution in [2.24, 2.45) is 0 Å². The van der Waals surface area contributed by atoms with E-state index in [2.05, 4.69) is 15.9 Å². The van der Waals surface area contributed by atoms with Gasteiger partial charge in [-0.2, -0.15) is 4.31 Å². The summed E-state index contributed by atoms with van der Waals surface area (Å²) in [5.41, 5.74) is -0.430. The average molecular weight is 334 g/mol. The maximum Gasteiger partial charge on any atom is 0.243 e. The van der Waals surface area contributed by atoms with Gasteiger partial charge >= 0.3 is 0 Å². The molecule has 1 aliphatic rings. The van der Waals surface area contributed by atoms with Crippen molar-refractivity contribution < 1.29 is 13.2 Å². The fourth-order valence-electron chi connectivity index (χ4n) is 1.93. The Kier molecular flexibility index (Phi) is 3.82. The lowest BCUT2D eigenvalue weighted by molar-refractivity contribution is -0.0640. The molecule has 1 aliphatic heterocycles. The first kappa shape index (κ1) is 14.0. The molecular weight excluding hydrogens is 318 g/mol. The molecule has 1 heterocycles. The predicted molar refractivity (Wildman–Crippen MR) is 72.9 cm³/mol. The van der Waals surface area contributed by atoms with E-state index in [4.69, 9.17) is 4.74 Å². The van der Waals surface area contributed by atoms with E-state index < -0.39 is 15.6 Å². The molecule has 18 heavy (non-hydrogen) atoms. The summed E-state index contributed by atoms with van der Waals surface area (Å²) in [5.74, 6) is 0. The lowest BCUT2D eigenvalue weighted by Gasteiger charge is -2.37. The van der Waals surface area contributed by atoms with Crippen molar-refractivity contribution in [2.45, 2.75) is 24.3 Å². The first-order valence-electron chi connectivity index (χ1n) is 5.71. The van der Waals surface area contributed by atoms with E-state index in [0.717, 1.165) is 4.47 Å². The summed E-state index contributed by atoms with van der Waals surface area (Å²) in [5, 5.41) is 0. The van der Waals surface area contributed by atoms with Crippen LogP contribution >= 0.6 is 15.9 Å². The Hall–Kier alpha value is -0.430. The Morgan fingerprint density at radius 2 is 1.89 bits per heavy atom. The average Bonchev–Trinajstić information content (AvgIpc) is 2.28. The molecule has 0 N–H and O–H groups in total.